The third-order valence-electron chi connectivity index (χ3n) is 3.56. The van der Waals surface area contributed by atoms with Gasteiger partial charge in [0.25, 0.3) is 11.8 Å². The van der Waals surface area contributed by atoms with Gasteiger partial charge in [0, 0.05) is 51.8 Å². The molecule has 3 aliphatic rings. The molecule has 3 heterocycles. The molecule has 0 bridgehead atoms. The van der Waals surface area contributed by atoms with Crippen LogP contribution in [-0.4, -0.2) is 56.8 Å². The maximum absolute atomic E-state index is 11.0. The molecular weight excluding hydrogens is 494 g/mol. The second-order valence-electron chi connectivity index (χ2n) is 6.03. The number of carbonyl (C=O) groups excluding carboxylic acids is 2. The molecule has 0 radical (unpaired) electrons. The number of methoxy groups -OCH3 is 1. The summed E-state index contributed by atoms with van der Waals surface area (Å²) in [4.78, 5) is 23.1. The quantitative estimate of drug-likeness (QED) is 0.313. The van der Waals surface area contributed by atoms with Gasteiger partial charge >= 0.3 is 0 Å². The number of likely N-dealkylation sites (N-methyl/N-ethyl adjacent to an activating group) is 1. The standard InChI is InChI=1S/C7H9NO2.C6H12O2.C3H5O.2CH4.W/c1-4-5(2)7(10)8(3)6(4)9;1-6(3-7-2)4-8-5-6;1-3-2-4-3;;;/h1-3H3;3-5H2,1-2H3;2-3H,1H3;2*1H4;/q;;-1;;;/i;;2D;;;. The molecule has 6 nitrogen and oxygen atoms in total. The fourth-order valence-electron chi connectivity index (χ4n) is 1.87. The number of carbonyl (C=O) groups is 2. The molecule has 0 aliphatic carbocycles. The van der Waals surface area contributed by atoms with Gasteiger partial charge in [0.15, 0.2) is 0 Å². The van der Waals surface area contributed by atoms with Crippen molar-refractivity contribution in [3.05, 3.63) is 17.7 Å². The van der Waals surface area contributed by atoms with Crippen molar-refractivity contribution in [2.24, 2.45) is 5.41 Å². The van der Waals surface area contributed by atoms with Crippen molar-refractivity contribution in [1.82, 2.24) is 4.90 Å². The van der Waals surface area contributed by atoms with Gasteiger partial charge < -0.3 is 14.2 Å². The normalized spacial score (nSPS) is 23.4. The maximum atomic E-state index is 11.0. The molecule has 1 unspecified atom stereocenters. The van der Waals surface area contributed by atoms with E-state index in [-0.39, 0.29) is 53.8 Å². The molecule has 0 saturated carbocycles. The number of ether oxygens (including phenoxy) is 3. The van der Waals surface area contributed by atoms with Crippen LogP contribution < -0.4 is 0 Å². The monoisotopic (exact) mass is 529 g/mol. The van der Waals surface area contributed by atoms with Crippen LogP contribution >= 0.6 is 0 Å². The molecule has 2 saturated heterocycles. The summed E-state index contributed by atoms with van der Waals surface area (Å²) in [6.07, 6.45) is 0.134. The van der Waals surface area contributed by atoms with Crippen molar-refractivity contribution in [3.8, 4) is 0 Å². The summed E-state index contributed by atoms with van der Waals surface area (Å²) in [5, 5.41) is 0. The van der Waals surface area contributed by atoms with E-state index in [2.05, 4.69) is 11.7 Å². The number of epoxide rings is 1. The van der Waals surface area contributed by atoms with Crippen molar-refractivity contribution in [3.63, 3.8) is 0 Å². The molecule has 0 spiro atoms. The topological polar surface area (TPSA) is 68.4 Å². The predicted molar refractivity (Wildman–Crippen MR) is 95.3 cm³/mol. The van der Waals surface area contributed by atoms with Gasteiger partial charge in [-0.1, -0.05) is 34.8 Å². The molecule has 7 heteroatoms. The van der Waals surface area contributed by atoms with Crippen molar-refractivity contribution in [2.45, 2.75) is 48.7 Å². The number of rotatable bonds is 2. The predicted octanol–water partition coefficient (Wildman–Crippen LogP) is 2.83. The van der Waals surface area contributed by atoms with E-state index in [1.165, 1.54) is 7.05 Å². The molecule has 0 aromatic heterocycles. The fourth-order valence-corrected chi connectivity index (χ4v) is 1.87. The summed E-state index contributed by atoms with van der Waals surface area (Å²) < 4.78 is 21.1. The Morgan fingerprint density at radius 1 is 1.28 bits per heavy atom. The molecule has 0 N–H and O–H groups in total. The average Bonchev–Trinajstić information content (AvgIpc) is 3.11. The molecule has 25 heavy (non-hydrogen) atoms. The minimum atomic E-state index is -0.178. The SMILES string of the molecule is C.C.CC1=C(C)C(=O)N(C)C1=O.COCC1(C)COC1.[2H][C-]1OC1C.[W]. The van der Waals surface area contributed by atoms with E-state index in [1.807, 2.05) is 6.92 Å². The first-order valence-corrected chi connectivity index (χ1v) is 7.19. The van der Waals surface area contributed by atoms with Crippen LogP contribution in [0.15, 0.2) is 11.1 Å². The minimum absolute atomic E-state index is 0. The van der Waals surface area contributed by atoms with Crippen LogP contribution in [0.5, 0.6) is 0 Å². The Labute approximate surface area is 168 Å². The smallest absolute Gasteiger partial charge is 0.256 e. The summed E-state index contributed by atoms with van der Waals surface area (Å²) in [6.45, 7) is 10.3. The third kappa shape index (κ3) is 9.09. The van der Waals surface area contributed by atoms with E-state index in [0.29, 0.717) is 23.1 Å². The zero-order chi connectivity index (χ0) is 17.8. The van der Waals surface area contributed by atoms with Gasteiger partial charge in [-0.2, -0.15) is 7.95 Å². The van der Waals surface area contributed by atoms with Crippen molar-refractivity contribution in [2.75, 3.05) is 34.0 Å². The molecule has 2 amide bonds. The molecular formula is C18H34NO5W-. The van der Waals surface area contributed by atoms with Crippen LogP contribution in [0.25, 0.3) is 0 Å². The van der Waals surface area contributed by atoms with E-state index >= 15 is 0 Å². The number of hydrogen-bond acceptors (Lipinski definition) is 5. The Kier molecular flexibility index (Phi) is 13.6. The largest absolute Gasteiger partial charge is 0.570 e. The average molecular weight is 529 g/mol. The van der Waals surface area contributed by atoms with Gasteiger partial charge in [-0.3, -0.25) is 14.5 Å². The summed E-state index contributed by atoms with van der Waals surface area (Å²) in [6, 6.07) is 0. The third-order valence-corrected chi connectivity index (χ3v) is 3.56. The fraction of sp³-hybridized carbons (Fsp3) is 0.722. The van der Waals surface area contributed by atoms with Gasteiger partial charge in [-0.05, 0) is 13.8 Å². The van der Waals surface area contributed by atoms with E-state index in [0.717, 1.165) is 24.7 Å². The van der Waals surface area contributed by atoms with Crippen molar-refractivity contribution in [1.29, 1.82) is 0 Å². The molecule has 3 rings (SSSR count). The van der Waals surface area contributed by atoms with E-state index < -0.39 is 0 Å². The Balaban J connectivity index is -0.000000301. The van der Waals surface area contributed by atoms with Gasteiger partial charge in [-0.15, -0.1) is 0 Å². The van der Waals surface area contributed by atoms with Crippen LogP contribution in [-0.2, 0) is 44.9 Å². The molecule has 1 atom stereocenters. The van der Waals surface area contributed by atoms with Crippen LogP contribution in [0, 0.1) is 12.0 Å². The van der Waals surface area contributed by atoms with Gasteiger partial charge in [0.05, 0.1) is 19.8 Å². The summed E-state index contributed by atoms with van der Waals surface area (Å²) in [5.74, 6) is -0.356. The van der Waals surface area contributed by atoms with Crippen LogP contribution in [0.3, 0.4) is 0 Å². The molecule has 0 aromatic rings. The summed E-state index contributed by atoms with van der Waals surface area (Å²) in [5.41, 5.74) is 1.45. The van der Waals surface area contributed by atoms with Crippen LogP contribution in [0.2, 0.25) is 0 Å². The Morgan fingerprint density at radius 3 is 1.72 bits per heavy atom. The van der Waals surface area contributed by atoms with Crippen LogP contribution in [0.4, 0.5) is 0 Å². The number of amides is 2. The van der Waals surface area contributed by atoms with Gasteiger partial charge in [0.2, 0.25) is 0 Å². The minimum Gasteiger partial charge on any atom is -0.570 e. The second kappa shape index (κ2) is 12.7. The Morgan fingerprint density at radius 2 is 1.64 bits per heavy atom. The zero-order valence-electron chi connectivity index (χ0n) is 15.6. The second-order valence-corrected chi connectivity index (χ2v) is 6.03. The van der Waals surface area contributed by atoms with E-state index in [4.69, 9.17) is 10.8 Å². The van der Waals surface area contributed by atoms with Crippen molar-refractivity contribution >= 4 is 11.8 Å². The molecule has 0 aromatic carbocycles. The molecule has 2 fully saturated rings. The first kappa shape index (κ1) is 26.7. The van der Waals surface area contributed by atoms with Gasteiger partial charge in [-0.25, -0.2) is 0 Å². The van der Waals surface area contributed by atoms with Crippen LogP contribution in [0.1, 0.15) is 43.9 Å². The zero-order valence-corrected chi connectivity index (χ0v) is 17.5. The van der Waals surface area contributed by atoms with Crippen molar-refractivity contribution < 1.29 is 46.2 Å². The number of nitrogens with zero attached hydrogens (tertiary/aromatic N) is 1. The number of hydrogen-bond donors (Lipinski definition) is 0. The Hall–Kier alpha value is -0.552. The molecule has 148 valence electrons. The molecule has 3 aliphatic heterocycles. The Bertz CT molecular complexity index is 464. The van der Waals surface area contributed by atoms with E-state index in [9.17, 15) is 9.59 Å². The van der Waals surface area contributed by atoms with Gasteiger partial charge in [0.1, 0.15) is 0 Å². The van der Waals surface area contributed by atoms with E-state index in [1.54, 1.807) is 21.0 Å². The first-order chi connectivity index (χ1) is 10.6. The summed E-state index contributed by atoms with van der Waals surface area (Å²) >= 11 is 0. The first-order valence-electron chi connectivity index (χ1n) is 7.69. The summed E-state index contributed by atoms with van der Waals surface area (Å²) in [7, 11) is 3.22. The number of imide groups is 1. The maximum Gasteiger partial charge on any atom is 0.256 e.